The number of aryl methyl sites for hydroxylation is 1. The number of nitrogens with zero attached hydrogens (tertiary/aromatic N) is 1. The molecule has 0 aliphatic rings. The summed E-state index contributed by atoms with van der Waals surface area (Å²) in [5, 5.41) is 9.76. The van der Waals surface area contributed by atoms with E-state index in [4.69, 9.17) is 4.74 Å². The second-order valence-corrected chi connectivity index (χ2v) is 6.25. The van der Waals surface area contributed by atoms with E-state index in [1.54, 1.807) is 29.0 Å². The van der Waals surface area contributed by atoms with Crippen molar-refractivity contribution in [2.24, 2.45) is 0 Å². The summed E-state index contributed by atoms with van der Waals surface area (Å²) in [7, 11) is 0. The van der Waals surface area contributed by atoms with Gasteiger partial charge in [0.05, 0.1) is 12.1 Å². The van der Waals surface area contributed by atoms with Gasteiger partial charge in [0.25, 0.3) is 0 Å². The number of pyridine rings is 1. The molecule has 134 valence electrons. The van der Waals surface area contributed by atoms with Crippen molar-refractivity contribution in [3.05, 3.63) is 75.6 Å². The largest absolute Gasteiger partial charge is 0.492 e. The van der Waals surface area contributed by atoms with Crippen molar-refractivity contribution < 1.29 is 14.6 Å². The van der Waals surface area contributed by atoms with Gasteiger partial charge < -0.3 is 14.4 Å². The average molecular weight is 351 g/mol. The molecule has 5 heteroatoms. The van der Waals surface area contributed by atoms with Crippen molar-refractivity contribution in [1.82, 2.24) is 4.57 Å². The molecule has 0 fully saturated rings. The van der Waals surface area contributed by atoms with E-state index in [0.717, 1.165) is 11.1 Å². The highest BCUT2D eigenvalue weighted by molar-refractivity contribution is 5.86. The van der Waals surface area contributed by atoms with Crippen LogP contribution in [0.4, 0.5) is 0 Å². The van der Waals surface area contributed by atoms with Crippen LogP contribution in [0.1, 0.15) is 23.6 Å². The Morgan fingerprint density at radius 2 is 1.88 bits per heavy atom. The number of ether oxygens (including phenoxy) is 1. The third-order valence-electron chi connectivity index (χ3n) is 4.25. The van der Waals surface area contributed by atoms with Crippen molar-refractivity contribution in [3.8, 4) is 5.75 Å². The van der Waals surface area contributed by atoms with Gasteiger partial charge in [-0.25, -0.2) is 0 Å². The zero-order chi connectivity index (χ0) is 18.7. The van der Waals surface area contributed by atoms with Crippen molar-refractivity contribution in [2.45, 2.75) is 26.8 Å². The van der Waals surface area contributed by atoms with Crippen molar-refractivity contribution in [3.63, 3.8) is 0 Å². The Kier molecular flexibility index (Phi) is 5.07. The van der Waals surface area contributed by atoms with Crippen LogP contribution in [0.3, 0.4) is 0 Å². The third kappa shape index (κ3) is 3.61. The number of aromatic nitrogens is 1. The molecule has 5 nitrogen and oxygen atoms in total. The van der Waals surface area contributed by atoms with E-state index in [-0.39, 0.29) is 12.0 Å². The third-order valence-corrected chi connectivity index (χ3v) is 4.25. The fourth-order valence-electron chi connectivity index (χ4n) is 3.08. The molecular weight excluding hydrogens is 330 g/mol. The van der Waals surface area contributed by atoms with Gasteiger partial charge in [-0.3, -0.25) is 9.59 Å². The van der Waals surface area contributed by atoms with Crippen LogP contribution >= 0.6 is 0 Å². The average Bonchev–Trinajstić information content (AvgIpc) is 2.60. The maximum absolute atomic E-state index is 13.0. The first-order chi connectivity index (χ1) is 12.5. The second-order valence-electron chi connectivity index (χ2n) is 6.25. The molecule has 1 aromatic heterocycles. The van der Waals surface area contributed by atoms with Gasteiger partial charge in [0.2, 0.25) is 0 Å². The molecule has 0 unspecified atom stereocenters. The highest BCUT2D eigenvalue weighted by atomic mass is 16.5. The Bertz CT molecular complexity index is 1000. The first kappa shape index (κ1) is 17.7. The van der Waals surface area contributed by atoms with Gasteiger partial charge in [0.1, 0.15) is 12.3 Å². The van der Waals surface area contributed by atoms with Gasteiger partial charge in [-0.15, -0.1) is 0 Å². The maximum Gasteiger partial charge on any atom is 0.323 e. The zero-order valence-corrected chi connectivity index (χ0v) is 14.9. The molecule has 1 heterocycles. The van der Waals surface area contributed by atoms with E-state index in [2.05, 4.69) is 0 Å². The van der Waals surface area contributed by atoms with Gasteiger partial charge in [-0.1, -0.05) is 35.9 Å². The number of fused-ring (bicyclic) bond motifs is 1. The number of rotatable bonds is 6. The number of carboxylic acids is 1. The van der Waals surface area contributed by atoms with Crippen LogP contribution in [-0.2, 0) is 17.8 Å². The molecule has 0 spiro atoms. The Morgan fingerprint density at radius 3 is 2.54 bits per heavy atom. The number of hydrogen-bond acceptors (Lipinski definition) is 3. The summed E-state index contributed by atoms with van der Waals surface area (Å²) in [4.78, 5) is 24.3. The minimum atomic E-state index is -0.970. The Morgan fingerprint density at radius 1 is 1.15 bits per heavy atom. The number of para-hydroxylation sites is 1. The number of benzene rings is 2. The summed E-state index contributed by atoms with van der Waals surface area (Å²) >= 11 is 0. The molecule has 1 N–H and O–H groups in total. The highest BCUT2D eigenvalue weighted by Gasteiger charge is 2.15. The molecule has 0 saturated carbocycles. The minimum Gasteiger partial charge on any atom is -0.492 e. The van der Waals surface area contributed by atoms with Crippen LogP contribution in [0.2, 0.25) is 0 Å². The Hall–Kier alpha value is -3.08. The Balaban J connectivity index is 2.18. The number of aliphatic carboxylic acids is 1. The summed E-state index contributed by atoms with van der Waals surface area (Å²) in [5.74, 6) is -0.451. The predicted octanol–water partition coefficient (Wildman–Crippen LogP) is 3.38. The second kappa shape index (κ2) is 7.44. The van der Waals surface area contributed by atoms with Gasteiger partial charge in [-0.05, 0) is 31.5 Å². The standard InChI is InChI=1S/C21H21NO4/c1-3-26-18-6-4-5-17-20(18)22(13-19(23)24)12-16(21(17)25)11-15-9-7-14(2)8-10-15/h4-10,12H,3,11,13H2,1-2H3,(H,23,24). The SMILES string of the molecule is CCOc1cccc2c(=O)c(Cc3ccc(C)cc3)cn(CC(=O)O)c12. The molecule has 0 aliphatic carbocycles. The topological polar surface area (TPSA) is 68.5 Å². The van der Waals surface area contributed by atoms with Crippen molar-refractivity contribution >= 4 is 16.9 Å². The van der Waals surface area contributed by atoms with Crippen LogP contribution in [0.5, 0.6) is 5.75 Å². The quantitative estimate of drug-likeness (QED) is 0.739. The maximum atomic E-state index is 13.0. The van der Waals surface area contributed by atoms with E-state index in [0.29, 0.717) is 35.2 Å². The molecule has 0 aliphatic heterocycles. The van der Waals surface area contributed by atoms with Crippen molar-refractivity contribution in [1.29, 1.82) is 0 Å². The van der Waals surface area contributed by atoms with Gasteiger partial charge >= 0.3 is 5.97 Å². The van der Waals surface area contributed by atoms with Crippen LogP contribution in [0.15, 0.2) is 53.5 Å². The van der Waals surface area contributed by atoms with Crippen molar-refractivity contribution in [2.75, 3.05) is 6.61 Å². The summed E-state index contributed by atoms with van der Waals surface area (Å²) in [6.07, 6.45) is 2.09. The van der Waals surface area contributed by atoms with E-state index in [1.165, 1.54) is 0 Å². The predicted molar refractivity (Wildman–Crippen MR) is 101 cm³/mol. The number of carboxylic acid groups (broad SMARTS) is 1. The van der Waals surface area contributed by atoms with E-state index in [1.807, 2.05) is 38.1 Å². The normalized spacial score (nSPS) is 10.8. The van der Waals surface area contributed by atoms with Crippen LogP contribution in [0, 0.1) is 6.92 Å². The zero-order valence-electron chi connectivity index (χ0n) is 14.9. The fraction of sp³-hybridized carbons (Fsp3) is 0.238. The van der Waals surface area contributed by atoms with Crippen LogP contribution in [0.25, 0.3) is 10.9 Å². The van der Waals surface area contributed by atoms with E-state index < -0.39 is 5.97 Å². The molecule has 2 aromatic carbocycles. The fourth-order valence-corrected chi connectivity index (χ4v) is 3.08. The first-order valence-corrected chi connectivity index (χ1v) is 8.54. The summed E-state index contributed by atoms with van der Waals surface area (Å²) in [6, 6.07) is 13.2. The Labute approximate surface area is 151 Å². The smallest absolute Gasteiger partial charge is 0.323 e. The lowest BCUT2D eigenvalue weighted by Crippen LogP contribution is -2.19. The van der Waals surface area contributed by atoms with Crippen LogP contribution < -0.4 is 10.2 Å². The lowest BCUT2D eigenvalue weighted by atomic mass is 10.0. The van der Waals surface area contributed by atoms with Gasteiger partial charge in [0, 0.05) is 23.6 Å². The molecular formula is C21H21NO4. The van der Waals surface area contributed by atoms with E-state index >= 15 is 0 Å². The van der Waals surface area contributed by atoms with Gasteiger partial charge in [0.15, 0.2) is 5.43 Å². The minimum absolute atomic E-state index is 0.0937. The summed E-state index contributed by atoms with van der Waals surface area (Å²) < 4.78 is 7.21. The number of carbonyl (C=O) groups is 1. The lowest BCUT2D eigenvalue weighted by molar-refractivity contribution is -0.137. The molecule has 3 aromatic rings. The molecule has 3 rings (SSSR count). The van der Waals surface area contributed by atoms with E-state index in [9.17, 15) is 14.7 Å². The molecule has 0 bridgehead atoms. The molecule has 0 radical (unpaired) electrons. The van der Waals surface area contributed by atoms with Crippen LogP contribution in [-0.4, -0.2) is 22.2 Å². The lowest BCUT2D eigenvalue weighted by Gasteiger charge is -2.15. The molecule has 0 atom stereocenters. The molecule has 0 saturated heterocycles. The summed E-state index contributed by atoms with van der Waals surface area (Å²) in [5.41, 5.74) is 3.15. The first-order valence-electron chi connectivity index (χ1n) is 8.54. The number of hydrogen-bond donors (Lipinski definition) is 1. The molecule has 0 amide bonds. The van der Waals surface area contributed by atoms with Gasteiger partial charge in [-0.2, -0.15) is 0 Å². The monoisotopic (exact) mass is 351 g/mol. The molecule has 26 heavy (non-hydrogen) atoms. The summed E-state index contributed by atoms with van der Waals surface area (Å²) in [6.45, 7) is 4.06. The highest BCUT2D eigenvalue weighted by Crippen LogP contribution is 2.25.